The number of nitrogens with one attached hydrogen (secondary N) is 1. The molecule has 1 amide bonds. The van der Waals surface area contributed by atoms with Crippen molar-refractivity contribution in [2.24, 2.45) is 0 Å². The fourth-order valence-corrected chi connectivity index (χ4v) is 2.61. The summed E-state index contributed by atoms with van der Waals surface area (Å²) in [4.78, 5) is 23.2. The van der Waals surface area contributed by atoms with E-state index >= 15 is 0 Å². The van der Waals surface area contributed by atoms with Crippen molar-refractivity contribution in [1.29, 1.82) is 0 Å². The molecule has 0 fully saturated rings. The van der Waals surface area contributed by atoms with Crippen molar-refractivity contribution >= 4 is 11.9 Å². The average molecular weight is 315 g/mol. The molecular weight excluding hydrogens is 294 g/mol. The van der Waals surface area contributed by atoms with Crippen LogP contribution in [0.2, 0.25) is 0 Å². The van der Waals surface area contributed by atoms with Gasteiger partial charge in [0.25, 0.3) is 5.91 Å². The first kappa shape index (κ1) is 16.8. The Morgan fingerprint density at radius 1 is 1.13 bits per heavy atom. The second-order valence-corrected chi connectivity index (χ2v) is 5.61. The fraction of sp³-hybridized carbons (Fsp3) is 0.333. The van der Waals surface area contributed by atoms with Crippen LogP contribution in [0, 0.1) is 13.8 Å². The summed E-state index contributed by atoms with van der Waals surface area (Å²) in [6.07, 6.45) is 1.14. The molecule has 0 spiro atoms. The molecule has 1 aromatic carbocycles. The number of carboxylic acid groups (broad SMARTS) is 1. The van der Waals surface area contributed by atoms with E-state index in [9.17, 15) is 9.59 Å². The van der Waals surface area contributed by atoms with Gasteiger partial charge in [-0.15, -0.1) is 0 Å². The summed E-state index contributed by atoms with van der Waals surface area (Å²) in [6.45, 7) is 6.33. The summed E-state index contributed by atoms with van der Waals surface area (Å²) in [6, 6.07) is 7.56. The molecular formula is C18H21NO4. The summed E-state index contributed by atoms with van der Waals surface area (Å²) in [7, 11) is 0. The number of hydrogen-bond acceptors (Lipinski definition) is 3. The number of carbonyl (C=O) groups excluding carboxylic acids is 1. The van der Waals surface area contributed by atoms with Crippen LogP contribution in [0.4, 0.5) is 0 Å². The molecule has 0 aliphatic rings. The van der Waals surface area contributed by atoms with E-state index in [1.807, 2.05) is 13.8 Å². The molecule has 2 aromatic rings. The van der Waals surface area contributed by atoms with Crippen LogP contribution in [0.5, 0.6) is 0 Å². The van der Waals surface area contributed by atoms with E-state index in [1.165, 1.54) is 17.2 Å². The summed E-state index contributed by atoms with van der Waals surface area (Å²) >= 11 is 0. The van der Waals surface area contributed by atoms with E-state index in [0.717, 1.165) is 5.56 Å². The molecule has 0 radical (unpaired) electrons. The second-order valence-electron chi connectivity index (χ2n) is 5.61. The summed E-state index contributed by atoms with van der Waals surface area (Å²) in [5, 5.41) is 11.8. The van der Waals surface area contributed by atoms with Gasteiger partial charge in [0.15, 0.2) is 5.76 Å². The highest BCUT2D eigenvalue weighted by atomic mass is 16.4. The highest BCUT2D eigenvalue weighted by molar-refractivity contribution is 5.96. The Kier molecular flexibility index (Phi) is 5.21. The number of carbonyl (C=O) groups is 2. The third-order valence-corrected chi connectivity index (χ3v) is 3.57. The fourth-order valence-electron chi connectivity index (χ4n) is 2.61. The Bertz CT molecular complexity index is 710. The molecule has 5 nitrogen and oxygen atoms in total. The summed E-state index contributed by atoms with van der Waals surface area (Å²) < 4.78 is 5.34. The Morgan fingerprint density at radius 2 is 1.78 bits per heavy atom. The van der Waals surface area contributed by atoms with Gasteiger partial charge < -0.3 is 14.8 Å². The molecule has 0 unspecified atom stereocenters. The van der Waals surface area contributed by atoms with Gasteiger partial charge in [-0.25, -0.2) is 4.79 Å². The van der Waals surface area contributed by atoms with Gasteiger partial charge >= 0.3 is 5.97 Å². The van der Waals surface area contributed by atoms with Crippen LogP contribution in [0.25, 0.3) is 0 Å². The largest absolute Gasteiger partial charge is 0.478 e. The maximum Gasteiger partial charge on any atom is 0.339 e. The van der Waals surface area contributed by atoms with E-state index in [4.69, 9.17) is 9.52 Å². The van der Waals surface area contributed by atoms with Gasteiger partial charge in [0.2, 0.25) is 0 Å². The van der Waals surface area contributed by atoms with Crippen LogP contribution < -0.4 is 5.32 Å². The van der Waals surface area contributed by atoms with Gasteiger partial charge in [0.05, 0.1) is 0 Å². The maximum atomic E-state index is 12.1. The van der Waals surface area contributed by atoms with Crippen LogP contribution in [0.3, 0.4) is 0 Å². The predicted octanol–water partition coefficient (Wildman–Crippen LogP) is 3.13. The first-order chi connectivity index (χ1) is 10.9. The van der Waals surface area contributed by atoms with Gasteiger partial charge in [0, 0.05) is 19.0 Å². The SMILES string of the molecule is CCc1oc(C(=O)NCCc2cc(C)cc(C)c2)cc1C(=O)O. The zero-order valence-electron chi connectivity index (χ0n) is 13.6. The van der Waals surface area contributed by atoms with E-state index < -0.39 is 11.9 Å². The smallest absolute Gasteiger partial charge is 0.339 e. The van der Waals surface area contributed by atoms with Gasteiger partial charge in [-0.2, -0.15) is 0 Å². The highest BCUT2D eigenvalue weighted by Crippen LogP contribution is 2.16. The minimum absolute atomic E-state index is 0.0414. The maximum absolute atomic E-state index is 12.1. The first-order valence-electron chi connectivity index (χ1n) is 7.62. The Balaban J connectivity index is 1.98. The Hall–Kier alpha value is -2.56. The van der Waals surface area contributed by atoms with Gasteiger partial charge in [0.1, 0.15) is 11.3 Å². The molecule has 2 N–H and O–H groups in total. The molecule has 122 valence electrons. The molecule has 0 saturated heterocycles. The Labute approximate surface area is 135 Å². The molecule has 1 aromatic heterocycles. The van der Waals surface area contributed by atoms with E-state index in [-0.39, 0.29) is 11.3 Å². The lowest BCUT2D eigenvalue weighted by Crippen LogP contribution is -2.25. The molecule has 0 atom stereocenters. The number of amides is 1. The van der Waals surface area contributed by atoms with Crippen molar-refractivity contribution in [3.63, 3.8) is 0 Å². The zero-order valence-corrected chi connectivity index (χ0v) is 13.6. The number of rotatable bonds is 6. The van der Waals surface area contributed by atoms with Crippen molar-refractivity contribution in [1.82, 2.24) is 5.32 Å². The summed E-state index contributed by atoms with van der Waals surface area (Å²) in [5.41, 5.74) is 3.58. The molecule has 0 bridgehead atoms. The summed E-state index contributed by atoms with van der Waals surface area (Å²) in [5.74, 6) is -1.12. The normalized spacial score (nSPS) is 10.6. The quantitative estimate of drug-likeness (QED) is 0.858. The van der Waals surface area contributed by atoms with E-state index in [1.54, 1.807) is 6.92 Å². The van der Waals surface area contributed by atoms with Gasteiger partial charge in [-0.05, 0) is 25.8 Å². The van der Waals surface area contributed by atoms with E-state index in [0.29, 0.717) is 25.1 Å². The Morgan fingerprint density at radius 3 is 2.30 bits per heavy atom. The number of aromatic carboxylic acids is 1. The number of aryl methyl sites for hydroxylation is 3. The van der Waals surface area contributed by atoms with Crippen molar-refractivity contribution < 1.29 is 19.1 Å². The molecule has 23 heavy (non-hydrogen) atoms. The minimum Gasteiger partial charge on any atom is -0.478 e. The standard InChI is InChI=1S/C18H21NO4/c1-4-15-14(18(21)22)10-16(23-15)17(20)19-6-5-13-8-11(2)7-12(3)9-13/h7-10H,4-6H2,1-3H3,(H,19,20)(H,21,22). The number of carboxylic acids is 1. The lowest BCUT2D eigenvalue weighted by atomic mass is 10.1. The van der Waals surface area contributed by atoms with Crippen LogP contribution in [0.1, 0.15) is 50.3 Å². The molecule has 5 heteroatoms. The topological polar surface area (TPSA) is 79.5 Å². The average Bonchev–Trinajstić information content (AvgIpc) is 2.90. The van der Waals surface area contributed by atoms with E-state index in [2.05, 4.69) is 23.5 Å². The number of furan rings is 1. The lowest BCUT2D eigenvalue weighted by Gasteiger charge is -2.06. The minimum atomic E-state index is -1.08. The third kappa shape index (κ3) is 4.22. The number of hydrogen-bond donors (Lipinski definition) is 2. The predicted molar refractivity (Wildman–Crippen MR) is 87.0 cm³/mol. The van der Waals surface area contributed by atoms with Crippen LogP contribution in [-0.4, -0.2) is 23.5 Å². The third-order valence-electron chi connectivity index (χ3n) is 3.57. The molecule has 0 aliphatic carbocycles. The van der Waals surface area contributed by atoms with Crippen molar-refractivity contribution in [2.45, 2.75) is 33.6 Å². The number of benzene rings is 1. The highest BCUT2D eigenvalue weighted by Gasteiger charge is 2.19. The van der Waals surface area contributed by atoms with Crippen molar-refractivity contribution in [3.8, 4) is 0 Å². The van der Waals surface area contributed by atoms with Crippen LogP contribution >= 0.6 is 0 Å². The van der Waals surface area contributed by atoms with Crippen LogP contribution in [-0.2, 0) is 12.8 Å². The molecule has 0 aliphatic heterocycles. The second kappa shape index (κ2) is 7.13. The molecule has 2 rings (SSSR count). The first-order valence-corrected chi connectivity index (χ1v) is 7.62. The molecule has 0 saturated carbocycles. The van der Waals surface area contributed by atoms with Crippen LogP contribution in [0.15, 0.2) is 28.7 Å². The molecule has 1 heterocycles. The lowest BCUT2D eigenvalue weighted by molar-refractivity contribution is 0.0694. The van der Waals surface area contributed by atoms with Crippen molar-refractivity contribution in [3.05, 3.63) is 58.0 Å². The van der Waals surface area contributed by atoms with Crippen molar-refractivity contribution in [2.75, 3.05) is 6.54 Å². The zero-order chi connectivity index (χ0) is 17.0. The van der Waals surface area contributed by atoms with Gasteiger partial charge in [-0.1, -0.05) is 36.2 Å². The van der Waals surface area contributed by atoms with Gasteiger partial charge in [-0.3, -0.25) is 4.79 Å². The monoisotopic (exact) mass is 315 g/mol.